The molecule has 0 aliphatic carbocycles. The van der Waals surface area contributed by atoms with Crippen molar-refractivity contribution >= 4 is 22.9 Å². The average Bonchev–Trinajstić information content (AvgIpc) is 3.13. The number of nitrogens with one attached hydrogen (secondary N) is 1. The predicted octanol–water partition coefficient (Wildman–Crippen LogP) is 4.45. The third-order valence-corrected chi connectivity index (χ3v) is 5.50. The molecule has 4 heteroatoms. The summed E-state index contributed by atoms with van der Waals surface area (Å²) in [7, 11) is 0. The van der Waals surface area contributed by atoms with Gasteiger partial charge in [0.05, 0.1) is 6.54 Å². The van der Waals surface area contributed by atoms with Crippen molar-refractivity contribution in [2.24, 2.45) is 0 Å². The maximum Gasteiger partial charge on any atom is 0.238 e. The zero-order valence-electron chi connectivity index (χ0n) is 14.1. The van der Waals surface area contributed by atoms with Crippen LogP contribution in [0.5, 0.6) is 0 Å². The van der Waals surface area contributed by atoms with Crippen molar-refractivity contribution < 1.29 is 4.79 Å². The predicted molar refractivity (Wildman–Crippen MR) is 97.1 cm³/mol. The van der Waals surface area contributed by atoms with E-state index in [2.05, 4.69) is 60.6 Å². The molecule has 3 rings (SSSR count). The van der Waals surface area contributed by atoms with Crippen molar-refractivity contribution in [1.82, 2.24) is 4.90 Å². The Balaban J connectivity index is 1.68. The first kappa shape index (κ1) is 16.2. The molecule has 0 unspecified atom stereocenters. The molecule has 1 aromatic carbocycles. The van der Waals surface area contributed by atoms with Crippen molar-refractivity contribution in [3.05, 3.63) is 51.2 Å². The molecule has 3 nitrogen and oxygen atoms in total. The number of likely N-dealkylation sites (tertiary alicyclic amines) is 1. The van der Waals surface area contributed by atoms with E-state index in [0.29, 0.717) is 12.6 Å². The Labute approximate surface area is 142 Å². The van der Waals surface area contributed by atoms with Crippen LogP contribution in [0, 0.1) is 20.8 Å². The van der Waals surface area contributed by atoms with Gasteiger partial charge in [-0.15, -0.1) is 11.3 Å². The van der Waals surface area contributed by atoms with Crippen LogP contribution >= 0.6 is 11.3 Å². The van der Waals surface area contributed by atoms with E-state index in [1.165, 1.54) is 16.9 Å². The Morgan fingerprint density at radius 2 is 2.04 bits per heavy atom. The highest BCUT2D eigenvalue weighted by molar-refractivity contribution is 7.10. The molecule has 1 aromatic heterocycles. The summed E-state index contributed by atoms with van der Waals surface area (Å²) in [5.74, 6) is 0.0866. The van der Waals surface area contributed by atoms with Gasteiger partial charge in [0, 0.05) is 16.6 Å². The summed E-state index contributed by atoms with van der Waals surface area (Å²) in [6.07, 6.45) is 2.31. The maximum atomic E-state index is 12.5. The topological polar surface area (TPSA) is 32.3 Å². The zero-order chi connectivity index (χ0) is 16.4. The smallest absolute Gasteiger partial charge is 0.238 e. The van der Waals surface area contributed by atoms with Gasteiger partial charge in [-0.25, -0.2) is 0 Å². The Morgan fingerprint density at radius 3 is 2.70 bits per heavy atom. The zero-order valence-corrected chi connectivity index (χ0v) is 14.9. The molecule has 0 radical (unpaired) electrons. The number of carbonyl (C=O) groups is 1. The average molecular weight is 328 g/mol. The third kappa shape index (κ3) is 3.65. The van der Waals surface area contributed by atoms with Crippen molar-refractivity contribution in [3.63, 3.8) is 0 Å². The number of anilines is 1. The second-order valence-corrected chi connectivity index (χ2v) is 7.45. The highest BCUT2D eigenvalue weighted by atomic mass is 32.1. The van der Waals surface area contributed by atoms with E-state index < -0.39 is 0 Å². The molecule has 1 fully saturated rings. The van der Waals surface area contributed by atoms with Crippen LogP contribution in [0.25, 0.3) is 0 Å². The molecule has 0 saturated carbocycles. The number of thiophene rings is 1. The summed E-state index contributed by atoms with van der Waals surface area (Å²) in [4.78, 5) is 16.2. The monoisotopic (exact) mass is 328 g/mol. The fraction of sp³-hybridized carbons (Fsp3) is 0.421. The second kappa shape index (κ2) is 6.85. The van der Waals surface area contributed by atoms with Gasteiger partial charge in [0.25, 0.3) is 0 Å². The lowest BCUT2D eigenvalue weighted by atomic mass is 10.1. The number of hydrogen-bond acceptors (Lipinski definition) is 3. The summed E-state index contributed by atoms with van der Waals surface area (Å²) in [6, 6.07) is 8.91. The summed E-state index contributed by atoms with van der Waals surface area (Å²) in [5.41, 5.74) is 4.46. The molecule has 2 aromatic rings. The lowest BCUT2D eigenvalue weighted by molar-refractivity contribution is -0.117. The quantitative estimate of drug-likeness (QED) is 0.899. The van der Waals surface area contributed by atoms with Crippen LogP contribution in [0.3, 0.4) is 0 Å². The minimum absolute atomic E-state index is 0.0866. The molecule has 122 valence electrons. The van der Waals surface area contributed by atoms with E-state index in [-0.39, 0.29) is 5.91 Å². The first-order chi connectivity index (χ1) is 11.0. The first-order valence-corrected chi connectivity index (χ1v) is 9.07. The Kier molecular flexibility index (Phi) is 4.83. The van der Waals surface area contributed by atoms with E-state index in [0.717, 1.165) is 29.8 Å². The summed E-state index contributed by atoms with van der Waals surface area (Å²) >= 11 is 1.79. The largest absolute Gasteiger partial charge is 0.324 e. The van der Waals surface area contributed by atoms with Crippen molar-refractivity contribution in [1.29, 1.82) is 0 Å². The molecule has 1 aliphatic heterocycles. The minimum atomic E-state index is 0.0866. The van der Waals surface area contributed by atoms with Crippen LogP contribution in [-0.2, 0) is 4.79 Å². The molecule has 23 heavy (non-hydrogen) atoms. The number of nitrogens with zero attached hydrogens (tertiary/aromatic N) is 1. The summed E-state index contributed by atoms with van der Waals surface area (Å²) < 4.78 is 0. The van der Waals surface area contributed by atoms with E-state index in [4.69, 9.17) is 0 Å². The van der Waals surface area contributed by atoms with Gasteiger partial charge in [-0.05, 0) is 62.7 Å². The van der Waals surface area contributed by atoms with Gasteiger partial charge in [-0.3, -0.25) is 9.69 Å². The second-order valence-electron chi connectivity index (χ2n) is 6.47. The Bertz CT molecular complexity index is 670. The van der Waals surface area contributed by atoms with Crippen LogP contribution in [0.15, 0.2) is 29.6 Å². The van der Waals surface area contributed by atoms with Crippen LogP contribution in [0.4, 0.5) is 5.69 Å². The molecular formula is C19H24N2OS. The van der Waals surface area contributed by atoms with Gasteiger partial charge in [-0.1, -0.05) is 23.8 Å². The van der Waals surface area contributed by atoms with Crippen LogP contribution in [0.2, 0.25) is 0 Å². The van der Waals surface area contributed by atoms with Gasteiger partial charge < -0.3 is 5.32 Å². The molecule has 0 bridgehead atoms. The van der Waals surface area contributed by atoms with Gasteiger partial charge in [0.1, 0.15) is 0 Å². The molecule has 1 N–H and O–H groups in total. The van der Waals surface area contributed by atoms with Crippen molar-refractivity contribution in [2.75, 3.05) is 18.4 Å². The highest BCUT2D eigenvalue weighted by Crippen LogP contribution is 2.34. The standard InChI is InChI=1S/C19H24N2OS/c1-13-10-14(2)19(15(3)11-13)20-18(22)12-21-8-4-6-16(21)17-7-5-9-23-17/h5,7,9-11,16H,4,6,8,12H2,1-3H3,(H,20,22)/t16-/m0/s1. The number of hydrogen-bond donors (Lipinski definition) is 1. The van der Waals surface area contributed by atoms with Crippen LogP contribution in [-0.4, -0.2) is 23.9 Å². The number of aryl methyl sites for hydroxylation is 3. The van der Waals surface area contributed by atoms with E-state index in [9.17, 15) is 4.79 Å². The number of benzene rings is 1. The van der Waals surface area contributed by atoms with Crippen LogP contribution in [0.1, 0.15) is 40.5 Å². The lowest BCUT2D eigenvalue weighted by Gasteiger charge is -2.23. The van der Waals surface area contributed by atoms with Gasteiger partial charge >= 0.3 is 0 Å². The molecule has 2 heterocycles. The van der Waals surface area contributed by atoms with E-state index >= 15 is 0 Å². The van der Waals surface area contributed by atoms with Crippen molar-refractivity contribution in [3.8, 4) is 0 Å². The minimum Gasteiger partial charge on any atom is -0.324 e. The normalized spacial score (nSPS) is 18.3. The molecule has 1 atom stereocenters. The molecule has 1 saturated heterocycles. The van der Waals surface area contributed by atoms with Gasteiger partial charge in [-0.2, -0.15) is 0 Å². The SMILES string of the molecule is Cc1cc(C)c(NC(=O)CN2CCC[C@H]2c2cccs2)c(C)c1. The Morgan fingerprint density at radius 1 is 1.30 bits per heavy atom. The number of rotatable bonds is 4. The third-order valence-electron chi connectivity index (χ3n) is 4.52. The molecule has 1 amide bonds. The van der Waals surface area contributed by atoms with Gasteiger partial charge in [0.2, 0.25) is 5.91 Å². The van der Waals surface area contributed by atoms with E-state index in [1.54, 1.807) is 11.3 Å². The molecule has 0 spiro atoms. The summed E-state index contributed by atoms with van der Waals surface area (Å²) in [6.45, 7) is 7.67. The molecular weight excluding hydrogens is 304 g/mol. The number of amides is 1. The van der Waals surface area contributed by atoms with Crippen LogP contribution < -0.4 is 5.32 Å². The molecule has 1 aliphatic rings. The maximum absolute atomic E-state index is 12.5. The Hall–Kier alpha value is -1.65. The highest BCUT2D eigenvalue weighted by Gasteiger charge is 2.28. The number of carbonyl (C=O) groups excluding carboxylic acids is 1. The van der Waals surface area contributed by atoms with Crippen molar-refractivity contribution in [2.45, 2.75) is 39.7 Å². The fourth-order valence-electron chi connectivity index (χ4n) is 3.56. The summed E-state index contributed by atoms with van der Waals surface area (Å²) in [5, 5.41) is 5.24. The lowest BCUT2D eigenvalue weighted by Crippen LogP contribution is -2.33. The first-order valence-electron chi connectivity index (χ1n) is 8.20. The van der Waals surface area contributed by atoms with E-state index in [1.807, 2.05) is 0 Å². The van der Waals surface area contributed by atoms with Gasteiger partial charge in [0.15, 0.2) is 0 Å². The fourth-order valence-corrected chi connectivity index (χ4v) is 4.45.